The third-order valence-electron chi connectivity index (χ3n) is 3.97. The van der Waals surface area contributed by atoms with Crippen LogP contribution in [-0.4, -0.2) is 37.4 Å². The molecule has 3 rings (SSSR count). The summed E-state index contributed by atoms with van der Waals surface area (Å²) in [4.78, 5) is 29.5. The van der Waals surface area contributed by atoms with Crippen LogP contribution in [0.2, 0.25) is 0 Å². The summed E-state index contributed by atoms with van der Waals surface area (Å²) in [5, 5.41) is 0.937. The van der Waals surface area contributed by atoms with Crippen LogP contribution in [0.1, 0.15) is 16.8 Å². The van der Waals surface area contributed by atoms with E-state index in [0.29, 0.717) is 17.6 Å². The van der Waals surface area contributed by atoms with Crippen LogP contribution < -0.4 is 4.90 Å². The maximum absolute atomic E-state index is 11.6. The molecule has 1 fully saturated rings. The van der Waals surface area contributed by atoms with Gasteiger partial charge in [-0.2, -0.15) is 0 Å². The van der Waals surface area contributed by atoms with Gasteiger partial charge >= 0.3 is 5.97 Å². The predicted octanol–water partition coefficient (Wildman–Crippen LogP) is 2.05. The molecule has 2 heterocycles. The molecule has 0 saturated carbocycles. The molecule has 1 aromatic heterocycles. The quantitative estimate of drug-likeness (QED) is 0.637. The van der Waals surface area contributed by atoms with Crippen LogP contribution in [0.15, 0.2) is 30.5 Å². The molecule has 1 atom stereocenters. The van der Waals surface area contributed by atoms with Crippen molar-refractivity contribution in [2.75, 3.05) is 25.1 Å². The Morgan fingerprint density at radius 2 is 2.29 bits per heavy atom. The van der Waals surface area contributed by atoms with Gasteiger partial charge in [0.05, 0.1) is 24.1 Å². The van der Waals surface area contributed by atoms with Gasteiger partial charge in [0.25, 0.3) is 0 Å². The van der Waals surface area contributed by atoms with Crippen molar-refractivity contribution in [2.45, 2.75) is 6.42 Å². The number of aldehydes is 1. The molecule has 21 heavy (non-hydrogen) atoms. The minimum Gasteiger partial charge on any atom is -0.469 e. The second kappa shape index (κ2) is 5.52. The van der Waals surface area contributed by atoms with Crippen molar-refractivity contribution in [1.82, 2.24) is 4.98 Å². The first-order valence-electron chi connectivity index (χ1n) is 6.90. The van der Waals surface area contributed by atoms with Crippen LogP contribution in [0.25, 0.3) is 10.9 Å². The van der Waals surface area contributed by atoms with E-state index in [0.717, 1.165) is 30.3 Å². The van der Waals surface area contributed by atoms with Gasteiger partial charge in [0.1, 0.15) is 0 Å². The van der Waals surface area contributed by atoms with Gasteiger partial charge in [-0.15, -0.1) is 0 Å². The zero-order chi connectivity index (χ0) is 14.8. The summed E-state index contributed by atoms with van der Waals surface area (Å²) in [6.07, 6.45) is 3.27. The number of carbonyl (C=O) groups excluding carboxylic acids is 2. The fourth-order valence-electron chi connectivity index (χ4n) is 2.89. The molecule has 0 amide bonds. The Morgan fingerprint density at radius 3 is 3.05 bits per heavy atom. The summed E-state index contributed by atoms with van der Waals surface area (Å²) in [7, 11) is 1.40. The lowest BCUT2D eigenvalue weighted by atomic mass is 10.1. The number of aromatic nitrogens is 1. The summed E-state index contributed by atoms with van der Waals surface area (Å²) in [6, 6.07) is 7.66. The van der Waals surface area contributed by atoms with E-state index in [1.165, 1.54) is 7.11 Å². The first-order chi connectivity index (χ1) is 10.2. The predicted molar refractivity (Wildman–Crippen MR) is 79.5 cm³/mol. The first kappa shape index (κ1) is 13.5. The fraction of sp³-hybridized carbons (Fsp3) is 0.312. The highest BCUT2D eigenvalue weighted by Gasteiger charge is 2.30. The molecule has 1 aliphatic rings. The van der Waals surface area contributed by atoms with Gasteiger partial charge in [-0.05, 0) is 18.6 Å². The van der Waals surface area contributed by atoms with Gasteiger partial charge in [0, 0.05) is 30.4 Å². The fourth-order valence-corrected chi connectivity index (χ4v) is 2.89. The molecule has 5 nitrogen and oxygen atoms in total. The highest BCUT2D eigenvalue weighted by Crippen LogP contribution is 2.30. The maximum atomic E-state index is 11.6. The molecule has 0 radical (unpaired) electrons. The molecule has 0 N–H and O–H groups in total. The number of rotatable bonds is 3. The molecule has 1 unspecified atom stereocenters. The van der Waals surface area contributed by atoms with Crippen molar-refractivity contribution in [1.29, 1.82) is 0 Å². The van der Waals surface area contributed by atoms with Gasteiger partial charge < -0.3 is 9.64 Å². The summed E-state index contributed by atoms with van der Waals surface area (Å²) < 4.78 is 4.80. The largest absolute Gasteiger partial charge is 0.469 e. The Kier molecular flexibility index (Phi) is 3.56. The topological polar surface area (TPSA) is 59.5 Å². The number of pyridine rings is 1. The third kappa shape index (κ3) is 2.35. The van der Waals surface area contributed by atoms with Crippen LogP contribution in [0.3, 0.4) is 0 Å². The summed E-state index contributed by atoms with van der Waals surface area (Å²) in [6.45, 7) is 1.31. The summed E-state index contributed by atoms with van der Waals surface area (Å²) in [5.41, 5.74) is 2.12. The van der Waals surface area contributed by atoms with Crippen LogP contribution >= 0.6 is 0 Å². The lowest BCUT2D eigenvalue weighted by molar-refractivity contribution is -0.144. The number of methoxy groups -OCH3 is 1. The highest BCUT2D eigenvalue weighted by atomic mass is 16.5. The Labute approximate surface area is 122 Å². The number of benzene rings is 1. The number of anilines is 1. The molecule has 1 aromatic carbocycles. The Balaban J connectivity index is 1.98. The van der Waals surface area contributed by atoms with E-state index in [9.17, 15) is 9.59 Å². The molecule has 0 aliphatic carbocycles. The zero-order valence-electron chi connectivity index (χ0n) is 11.8. The third-order valence-corrected chi connectivity index (χ3v) is 3.97. The number of carbonyl (C=O) groups is 2. The van der Waals surface area contributed by atoms with E-state index in [1.54, 1.807) is 6.20 Å². The second-order valence-corrected chi connectivity index (χ2v) is 5.15. The lowest BCUT2D eigenvalue weighted by Gasteiger charge is -2.20. The van der Waals surface area contributed by atoms with Crippen LogP contribution in [0.4, 0.5) is 5.69 Å². The monoisotopic (exact) mass is 284 g/mol. The van der Waals surface area contributed by atoms with E-state index < -0.39 is 0 Å². The van der Waals surface area contributed by atoms with Crippen molar-refractivity contribution >= 4 is 28.8 Å². The lowest BCUT2D eigenvalue weighted by Crippen LogP contribution is -2.24. The average molecular weight is 284 g/mol. The molecule has 108 valence electrons. The van der Waals surface area contributed by atoms with Gasteiger partial charge in [0.15, 0.2) is 6.29 Å². The smallest absolute Gasteiger partial charge is 0.310 e. The number of nitrogens with zero attached hydrogens (tertiary/aromatic N) is 2. The number of esters is 1. The van der Waals surface area contributed by atoms with Crippen molar-refractivity contribution in [2.24, 2.45) is 5.92 Å². The van der Waals surface area contributed by atoms with Gasteiger partial charge in [-0.3, -0.25) is 14.6 Å². The molecular formula is C16H16N2O3. The minimum absolute atomic E-state index is 0.131. The average Bonchev–Trinajstić information content (AvgIpc) is 3.02. The second-order valence-electron chi connectivity index (χ2n) is 5.15. The highest BCUT2D eigenvalue weighted by molar-refractivity contribution is 6.01. The van der Waals surface area contributed by atoms with Crippen molar-refractivity contribution in [3.8, 4) is 0 Å². The van der Waals surface area contributed by atoms with Gasteiger partial charge in [0.2, 0.25) is 0 Å². The van der Waals surface area contributed by atoms with Crippen LogP contribution in [-0.2, 0) is 9.53 Å². The number of hydrogen-bond donors (Lipinski definition) is 0. The van der Waals surface area contributed by atoms with Crippen molar-refractivity contribution < 1.29 is 14.3 Å². The van der Waals surface area contributed by atoms with Crippen molar-refractivity contribution in [3.05, 3.63) is 36.0 Å². The molecule has 5 heteroatoms. The van der Waals surface area contributed by atoms with E-state index in [1.807, 2.05) is 24.3 Å². The van der Waals surface area contributed by atoms with Crippen molar-refractivity contribution in [3.63, 3.8) is 0 Å². The minimum atomic E-state index is -0.191. The van der Waals surface area contributed by atoms with E-state index in [2.05, 4.69) is 9.88 Å². The summed E-state index contributed by atoms with van der Waals surface area (Å²) >= 11 is 0. The number of hydrogen-bond acceptors (Lipinski definition) is 5. The molecule has 0 bridgehead atoms. The molecular weight excluding hydrogens is 268 g/mol. The van der Waals surface area contributed by atoms with E-state index in [-0.39, 0.29) is 11.9 Å². The molecule has 1 aliphatic heterocycles. The van der Waals surface area contributed by atoms with Crippen LogP contribution in [0.5, 0.6) is 0 Å². The maximum Gasteiger partial charge on any atom is 0.310 e. The molecule has 1 saturated heterocycles. The molecule has 0 spiro atoms. The van der Waals surface area contributed by atoms with Gasteiger partial charge in [-0.25, -0.2) is 0 Å². The Bertz CT molecular complexity index is 699. The number of fused-ring (bicyclic) bond motifs is 1. The first-order valence-corrected chi connectivity index (χ1v) is 6.90. The van der Waals surface area contributed by atoms with E-state index >= 15 is 0 Å². The van der Waals surface area contributed by atoms with E-state index in [4.69, 9.17) is 4.74 Å². The zero-order valence-corrected chi connectivity index (χ0v) is 11.8. The molecule has 2 aromatic rings. The summed E-state index contributed by atoms with van der Waals surface area (Å²) in [5.74, 6) is -0.321. The van der Waals surface area contributed by atoms with Crippen LogP contribution in [0, 0.1) is 5.92 Å². The number of ether oxygens (including phenoxy) is 1. The SMILES string of the molecule is COC(=O)C1CCN(c2ccc3cccnc3c2C=O)C1. The Morgan fingerprint density at radius 1 is 1.43 bits per heavy atom. The Hall–Kier alpha value is -2.43. The van der Waals surface area contributed by atoms with Gasteiger partial charge in [-0.1, -0.05) is 12.1 Å². The standard InChI is InChI=1S/C16H16N2O3/c1-21-16(20)12-6-8-18(9-12)14-5-4-11-3-2-7-17-15(11)13(14)10-19/h2-5,7,10,12H,6,8-9H2,1H3. The normalized spacial score (nSPS) is 18.0.